The molecule has 0 saturated carbocycles. The summed E-state index contributed by atoms with van der Waals surface area (Å²) in [4.78, 5) is 7.99. The van der Waals surface area contributed by atoms with Crippen molar-refractivity contribution in [3.63, 3.8) is 0 Å². The van der Waals surface area contributed by atoms with Gasteiger partial charge in [-0.15, -0.1) is 0 Å². The first kappa shape index (κ1) is 21.7. The zero-order valence-electron chi connectivity index (χ0n) is 14.2. The van der Waals surface area contributed by atoms with E-state index in [1.807, 2.05) is 4.75 Å². The fourth-order valence-corrected chi connectivity index (χ4v) is 2.64. The third kappa shape index (κ3) is 12.4. The molecule has 0 atom stereocenters. The Bertz CT molecular complexity index is 161. The topological polar surface area (TPSA) is 48.6 Å². The second-order valence-corrected chi connectivity index (χ2v) is 5.72. The van der Waals surface area contributed by atoms with Crippen molar-refractivity contribution in [2.24, 2.45) is 0 Å². The summed E-state index contributed by atoms with van der Waals surface area (Å²) in [5, 5.41) is 6.51. The Morgan fingerprint density at radius 2 is 0.900 bits per heavy atom. The van der Waals surface area contributed by atoms with E-state index in [4.69, 9.17) is 10.2 Å². The number of nitrogens with zero attached hydrogens (tertiary/aromatic N) is 1. The molecule has 0 aromatic heterocycles. The van der Waals surface area contributed by atoms with Crippen molar-refractivity contribution in [2.45, 2.75) is 79.1 Å². The van der Waals surface area contributed by atoms with Crippen molar-refractivity contribution in [3.05, 3.63) is 9.71 Å². The SMILES string of the molecule is CCCC[N+](CCCC)(CCCC)CCCC.O=[O+]O. The zero-order chi connectivity index (χ0) is 15.7. The summed E-state index contributed by atoms with van der Waals surface area (Å²) >= 11 is 0. The number of hydrogen-bond acceptors (Lipinski definition) is 1. The van der Waals surface area contributed by atoms with Gasteiger partial charge in [0.15, 0.2) is 0 Å². The van der Waals surface area contributed by atoms with Gasteiger partial charge < -0.3 is 4.48 Å². The lowest BCUT2D eigenvalue weighted by Crippen LogP contribution is -2.50. The first-order valence-electron chi connectivity index (χ1n) is 8.44. The van der Waals surface area contributed by atoms with Crippen molar-refractivity contribution < 1.29 is 9.74 Å². The lowest BCUT2D eigenvalue weighted by Gasteiger charge is -2.39. The molecule has 0 saturated heterocycles. The molecule has 0 amide bonds. The highest BCUT2D eigenvalue weighted by molar-refractivity contribution is 4.49. The maximum atomic E-state index is 7.99. The molecule has 0 aromatic carbocycles. The third-order valence-corrected chi connectivity index (χ3v) is 3.94. The van der Waals surface area contributed by atoms with Crippen LogP contribution in [0.5, 0.6) is 0 Å². The van der Waals surface area contributed by atoms with Crippen LogP contribution in [0, 0.1) is 9.71 Å². The van der Waals surface area contributed by atoms with Gasteiger partial charge in [-0.05, 0) is 25.7 Å². The van der Waals surface area contributed by atoms with E-state index < -0.39 is 0 Å². The monoisotopic (exact) mass is 291 g/mol. The Hall–Kier alpha value is -0.640. The molecule has 0 aliphatic carbocycles. The molecule has 4 heteroatoms. The highest BCUT2D eigenvalue weighted by Crippen LogP contribution is 2.16. The summed E-state index contributed by atoms with van der Waals surface area (Å²) in [5.74, 6) is 0. The molecule has 0 unspecified atom stereocenters. The first-order chi connectivity index (χ1) is 9.66. The smallest absolute Gasteiger partial charge is 0.324 e. The quantitative estimate of drug-likeness (QED) is 0.236. The lowest BCUT2D eigenvalue weighted by molar-refractivity contribution is -0.929. The summed E-state index contributed by atoms with van der Waals surface area (Å²) in [6.45, 7) is 15.0. The van der Waals surface area contributed by atoms with Crippen LogP contribution >= 0.6 is 0 Å². The summed E-state index contributed by atoms with van der Waals surface area (Å²) in [7, 11) is 0. The standard InChI is InChI=1S/C16H36N.HO3/c1-5-9-13-17(14-10-6-2,15-11-7-3)16-12-8-4;1-3-2/h5-16H2,1-4H3;1H/q2*+1. The van der Waals surface area contributed by atoms with Crippen LogP contribution in [-0.4, -0.2) is 35.9 Å². The molecular weight excluding hydrogens is 254 g/mol. The molecule has 0 bridgehead atoms. The number of hydrogen-bond donors (Lipinski definition) is 1. The minimum atomic E-state index is 1.35. The van der Waals surface area contributed by atoms with Gasteiger partial charge in [0.25, 0.3) is 4.96 Å². The van der Waals surface area contributed by atoms with Crippen LogP contribution in [0.1, 0.15) is 79.1 Å². The van der Waals surface area contributed by atoms with E-state index in [1.165, 1.54) is 82.0 Å². The van der Waals surface area contributed by atoms with Crippen molar-refractivity contribution >= 4 is 0 Å². The Morgan fingerprint density at radius 1 is 0.700 bits per heavy atom. The predicted octanol–water partition coefficient (Wildman–Crippen LogP) is 5.08. The summed E-state index contributed by atoms with van der Waals surface area (Å²) < 4.78 is 3.42. The summed E-state index contributed by atoms with van der Waals surface area (Å²) in [6.07, 6.45) is 11.1. The average Bonchev–Trinajstić information content (AvgIpc) is 2.46. The van der Waals surface area contributed by atoms with Gasteiger partial charge in [0.2, 0.25) is 0 Å². The van der Waals surface area contributed by atoms with Crippen LogP contribution < -0.4 is 0 Å². The maximum absolute atomic E-state index is 7.99. The molecule has 0 radical (unpaired) electrons. The molecule has 0 rings (SSSR count). The third-order valence-electron chi connectivity index (χ3n) is 3.94. The Kier molecular flexibility index (Phi) is 17.8. The van der Waals surface area contributed by atoms with E-state index in [0.29, 0.717) is 0 Å². The van der Waals surface area contributed by atoms with Crippen LogP contribution in [0.15, 0.2) is 0 Å². The van der Waals surface area contributed by atoms with Gasteiger partial charge in [-0.25, -0.2) is 0 Å². The maximum Gasteiger partial charge on any atom is 0.374 e. The molecule has 0 fully saturated rings. The predicted molar refractivity (Wildman–Crippen MR) is 88.7 cm³/mol. The fraction of sp³-hybridized carbons (Fsp3) is 1.00. The van der Waals surface area contributed by atoms with E-state index >= 15 is 0 Å². The Labute approximate surface area is 125 Å². The highest BCUT2D eigenvalue weighted by Gasteiger charge is 2.24. The van der Waals surface area contributed by atoms with Gasteiger partial charge >= 0.3 is 4.75 Å². The molecule has 4 nitrogen and oxygen atoms in total. The largest absolute Gasteiger partial charge is 0.374 e. The minimum absolute atomic E-state index is 1.35. The normalized spacial score (nSPS) is 10.8. The molecule has 0 aliphatic rings. The average molecular weight is 291 g/mol. The number of quaternary nitrogens is 1. The molecule has 1 N–H and O–H groups in total. The second-order valence-electron chi connectivity index (χ2n) is 5.72. The summed E-state index contributed by atoms with van der Waals surface area (Å²) in [6, 6.07) is 0. The van der Waals surface area contributed by atoms with Crippen molar-refractivity contribution in [2.75, 3.05) is 26.2 Å². The van der Waals surface area contributed by atoms with Crippen molar-refractivity contribution in [1.29, 1.82) is 0 Å². The molecule has 0 spiro atoms. The number of rotatable bonds is 12. The van der Waals surface area contributed by atoms with Gasteiger partial charge in [0.05, 0.1) is 26.2 Å². The van der Waals surface area contributed by atoms with E-state index in [0.717, 1.165) is 0 Å². The highest BCUT2D eigenvalue weighted by atomic mass is 17.2. The first-order valence-corrected chi connectivity index (χ1v) is 8.44. The van der Waals surface area contributed by atoms with Gasteiger partial charge in [0.1, 0.15) is 0 Å². The minimum Gasteiger partial charge on any atom is -0.324 e. The van der Waals surface area contributed by atoms with Crippen LogP contribution in [0.2, 0.25) is 0 Å². The van der Waals surface area contributed by atoms with Gasteiger partial charge in [-0.3, -0.25) is 0 Å². The van der Waals surface area contributed by atoms with Gasteiger partial charge in [0, 0.05) is 0 Å². The van der Waals surface area contributed by atoms with E-state index in [2.05, 4.69) is 27.7 Å². The molecule has 0 aliphatic heterocycles. The molecule has 20 heavy (non-hydrogen) atoms. The molecule has 0 aromatic rings. The van der Waals surface area contributed by atoms with Crippen LogP contribution in [0.4, 0.5) is 0 Å². The van der Waals surface area contributed by atoms with E-state index in [1.54, 1.807) is 0 Å². The molecule has 0 heterocycles. The van der Waals surface area contributed by atoms with Crippen LogP contribution in [0.25, 0.3) is 0 Å². The van der Waals surface area contributed by atoms with E-state index in [-0.39, 0.29) is 0 Å². The Balaban J connectivity index is 0. The van der Waals surface area contributed by atoms with Crippen LogP contribution in [-0.2, 0) is 0 Å². The zero-order valence-corrected chi connectivity index (χ0v) is 14.2. The van der Waals surface area contributed by atoms with Gasteiger partial charge in [-0.2, -0.15) is 0 Å². The van der Waals surface area contributed by atoms with Crippen LogP contribution in [0.3, 0.4) is 0 Å². The molecule has 122 valence electrons. The van der Waals surface area contributed by atoms with Crippen molar-refractivity contribution in [3.8, 4) is 0 Å². The Morgan fingerprint density at radius 3 is 1.05 bits per heavy atom. The van der Waals surface area contributed by atoms with Crippen molar-refractivity contribution in [1.82, 2.24) is 0 Å². The lowest BCUT2D eigenvalue weighted by atomic mass is 10.1. The molecular formula is C16H37NO3+2. The van der Waals surface area contributed by atoms with E-state index in [9.17, 15) is 0 Å². The van der Waals surface area contributed by atoms with Gasteiger partial charge in [-0.1, -0.05) is 58.6 Å². The fourth-order valence-electron chi connectivity index (χ4n) is 2.64. The number of unbranched alkanes of at least 4 members (excludes halogenated alkanes) is 4. The second kappa shape index (κ2) is 16.4. The summed E-state index contributed by atoms with van der Waals surface area (Å²) in [5.41, 5.74) is 0.